The Hall–Kier alpha value is -1.03. The van der Waals surface area contributed by atoms with E-state index in [0.717, 1.165) is 0 Å². The van der Waals surface area contributed by atoms with E-state index in [1.54, 1.807) is 24.3 Å². The molecule has 1 radical (unpaired) electrons. The van der Waals surface area contributed by atoms with E-state index in [2.05, 4.69) is 6.07 Å². The van der Waals surface area contributed by atoms with Crippen molar-refractivity contribution >= 4 is 15.7 Å². The maximum absolute atomic E-state index is 11.0. The summed E-state index contributed by atoms with van der Waals surface area (Å²) in [4.78, 5) is 0. The van der Waals surface area contributed by atoms with Crippen LogP contribution in [0.5, 0.6) is 0 Å². The molecule has 0 heterocycles. The first-order valence-electron chi connectivity index (χ1n) is 3.42. The molecular formula is C8H10NO2S. The molecule has 0 saturated carbocycles. The van der Waals surface area contributed by atoms with E-state index in [1.807, 2.05) is 0 Å². The maximum Gasteiger partial charge on any atom is 0.231 e. The molecule has 0 atom stereocenters. The smallest absolute Gasteiger partial charge is 0.231 e. The molecular weight excluding hydrogens is 174 g/mol. The minimum Gasteiger partial charge on any atom is -0.274 e. The standard InChI is InChI=1S/C8H10NO2S/c1-9(12(2,10)11)8-6-4-3-5-7-8/h4-7H,1-2H3. The summed E-state index contributed by atoms with van der Waals surface area (Å²) >= 11 is 0. The highest BCUT2D eigenvalue weighted by molar-refractivity contribution is 7.92. The number of hydrogen-bond acceptors (Lipinski definition) is 2. The Morgan fingerprint density at radius 1 is 1.33 bits per heavy atom. The highest BCUT2D eigenvalue weighted by atomic mass is 32.2. The average molecular weight is 184 g/mol. The molecule has 3 nitrogen and oxygen atoms in total. The molecule has 0 unspecified atom stereocenters. The van der Waals surface area contributed by atoms with E-state index in [1.165, 1.54) is 17.6 Å². The van der Waals surface area contributed by atoms with Gasteiger partial charge in [-0.25, -0.2) is 8.42 Å². The van der Waals surface area contributed by atoms with Crippen molar-refractivity contribution in [1.29, 1.82) is 0 Å². The Balaban J connectivity index is 3.02. The summed E-state index contributed by atoms with van der Waals surface area (Å²) in [6.45, 7) is 0. The summed E-state index contributed by atoms with van der Waals surface area (Å²) in [6, 6.07) is 9.56. The van der Waals surface area contributed by atoms with E-state index in [4.69, 9.17) is 0 Å². The van der Waals surface area contributed by atoms with E-state index in [-0.39, 0.29) is 0 Å². The first-order chi connectivity index (χ1) is 5.52. The molecule has 0 bridgehead atoms. The predicted octanol–water partition coefficient (Wildman–Crippen LogP) is 0.883. The van der Waals surface area contributed by atoms with Crippen LogP contribution in [0.25, 0.3) is 0 Å². The number of hydrogen-bond donors (Lipinski definition) is 0. The van der Waals surface area contributed by atoms with Crippen molar-refractivity contribution < 1.29 is 8.42 Å². The van der Waals surface area contributed by atoms with Crippen molar-refractivity contribution in [3.8, 4) is 0 Å². The monoisotopic (exact) mass is 184 g/mol. The number of sulfonamides is 1. The number of rotatable bonds is 2. The zero-order valence-electron chi connectivity index (χ0n) is 6.98. The van der Waals surface area contributed by atoms with Gasteiger partial charge in [-0.2, -0.15) is 0 Å². The molecule has 0 N–H and O–H groups in total. The second kappa shape index (κ2) is 3.15. The quantitative estimate of drug-likeness (QED) is 0.684. The van der Waals surface area contributed by atoms with Crippen LogP contribution < -0.4 is 4.31 Å². The summed E-state index contributed by atoms with van der Waals surface area (Å²) < 4.78 is 23.3. The van der Waals surface area contributed by atoms with Crippen LogP contribution in [0.15, 0.2) is 24.3 Å². The summed E-state index contributed by atoms with van der Waals surface area (Å²) in [7, 11) is -1.62. The molecule has 1 rings (SSSR count). The third-order valence-electron chi connectivity index (χ3n) is 1.56. The summed E-state index contributed by atoms with van der Waals surface area (Å²) in [6.07, 6.45) is 1.17. The first kappa shape index (κ1) is 9.06. The van der Waals surface area contributed by atoms with Crippen molar-refractivity contribution in [2.24, 2.45) is 0 Å². The third-order valence-corrected chi connectivity index (χ3v) is 2.77. The molecule has 0 fully saturated rings. The van der Waals surface area contributed by atoms with E-state index in [0.29, 0.717) is 5.69 Å². The van der Waals surface area contributed by atoms with Crippen molar-refractivity contribution in [2.75, 3.05) is 17.6 Å². The van der Waals surface area contributed by atoms with Gasteiger partial charge in [-0.3, -0.25) is 4.31 Å². The van der Waals surface area contributed by atoms with Gasteiger partial charge in [0.05, 0.1) is 11.9 Å². The minimum absolute atomic E-state index is 0.649. The fraction of sp³-hybridized carbons (Fsp3) is 0.250. The van der Waals surface area contributed by atoms with Gasteiger partial charge in [-0.1, -0.05) is 12.1 Å². The van der Waals surface area contributed by atoms with Gasteiger partial charge in [0.2, 0.25) is 10.0 Å². The summed E-state index contributed by atoms with van der Waals surface area (Å²) in [5.74, 6) is 0. The lowest BCUT2D eigenvalue weighted by Gasteiger charge is -2.15. The van der Waals surface area contributed by atoms with Gasteiger partial charge in [-0.05, 0) is 18.2 Å². The summed E-state index contributed by atoms with van der Waals surface area (Å²) in [5.41, 5.74) is 0.649. The Bertz CT molecular complexity index is 345. The lowest BCUT2D eigenvalue weighted by molar-refractivity contribution is 0.600. The van der Waals surface area contributed by atoms with Gasteiger partial charge in [0.15, 0.2) is 0 Å². The van der Waals surface area contributed by atoms with Gasteiger partial charge < -0.3 is 0 Å². The molecule has 1 aromatic carbocycles. The number of anilines is 1. The molecule has 0 aliphatic rings. The summed E-state index contributed by atoms with van der Waals surface area (Å²) in [5, 5.41) is 0. The average Bonchev–Trinajstić information content (AvgIpc) is 2.03. The second-order valence-electron chi connectivity index (χ2n) is 2.49. The molecule has 0 aliphatic heterocycles. The van der Waals surface area contributed by atoms with E-state index >= 15 is 0 Å². The zero-order chi connectivity index (χ0) is 9.19. The maximum atomic E-state index is 11.0. The Morgan fingerprint density at radius 2 is 1.83 bits per heavy atom. The fourth-order valence-electron chi connectivity index (χ4n) is 0.780. The zero-order valence-corrected chi connectivity index (χ0v) is 7.80. The van der Waals surface area contributed by atoms with Gasteiger partial charge in [0.1, 0.15) is 0 Å². The second-order valence-corrected chi connectivity index (χ2v) is 4.50. The highest BCUT2D eigenvalue weighted by Crippen LogP contribution is 2.13. The van der Waals surface area contributed by atoms with Gasteiger partial charge in [-0.15, -0.1) is 0 Å². The van der Waals surface area contributed by atoms with Crippen LogP contribution in [0, 0.1) is 6.07 Å². The van der Waals surface area contributed by atoms with Gasteiger partial charge >= 0.3 is 0 Å². The van der Waals surface area contributed by atoms with Crippen molar-refractivity contribution in [3.05, 3.63) is 30.3 Å². The van der Waals surface area contributed by atoms with Crippen LogP contribution in [0.1, 0.15) is 0 Å². The lowest BCUT2D eigenvalue weighted by atomic mass is 10.3. The molecule has 65 valence electrons. The Morgan fingerprint density at radius 3 is 2.25 bits per heavy atom. The third kappa shape index (κ3) is 1.98. The Labute approximate surface area is 72.7 Å². The predicted molar refractivity (Wildman–Crippen MR) is 48.5 cm³/mol. The van der Waals surface area contributed by atoms with Crippen LogP contribution >= 0.6 is 0 Å². The molecule has 1 aromatic rings. The SMILES string of the molecule is CN(c1cc[c]cc1)S(C)(=O)=O. The van der Waals surface area contributed by atoms with Crippen LogP contribution in [0.4, 0.5) is 5.69 Å². The Kier molecular flexibility index (Phi) is 2.38. The van der Waals surface area contributed by atoms with Crippen LogP contribution in [0.2, 0.25) is 0 Å². The van der Waals surface area contributed by atoms with Gasteiger partial charge in [0, 0.05) is 7.05 Å². The molecule has 0 aromatic heterocycles. The largest absolute Gasteiger partial charge is 0.274 e. The van der Waals surface area contributed by atoms with Crippen LogP contribution in [-0.2, 0) is 10.0 Å². The van der Waals surface area contributed by atoms with Crippen molar-refractivity contribution in [3.63, 3.8) is 0 Å². The highest BCUT2D eigenvalue weighted by Gasteiger charge is 2.09. The van der Waals surface area contributed by atoms with Crippen LogP contribution in [0.3, 0.4) is 0 Å². The van der Waals surface area contributed by atoms with E-state index in [9.17, 15) is 8.42 Å². The first-order valence-corrected chi connectivity index (χ1v) is 5.26. The van der Waals surface area contributed by atoms with Crippen molar-refractivity contribution in [2.45, 2.75) is 0 Å². The molecule has 0 spiro atoms. The molecule has 4 heteroatoms. The minimum atomic E-state index is -3.14. The van der Waals surface area contributed by atoms with Crippen LogP contribution in [-0.4, -0.2) is 21.7 Å². The van der Waals surface area contributed by atoms with Gasteiger partial charge in [0.25, 0.3) is 0 Å². The molecule has 0 amide bonds. The fourth-order valence-corrected chi connectivity index (χ4v) is 1.28. The molecule has 0 aliphatic carbocycles. The molecule has 0 saturated heterocycles. The number of nitrogens with zero attached hydrogens (tertiary/aromatic N) is 1. The normalized spacial score (nSPS) is 11.2. The number of benzene rings is 1. The van der Waals surface area contributed by atoms with E-state index < -0.39 is 10.0 Å². The molecule has 12 heavy (non-hydrogen) atoms. The topological polar surface area (TPSA) is 37.4 Å². The van der Waals surface area contributed by atoms with Crippen molar-refractivity contribution in [1.82, 2.24) is 0 Å². The lowest BCUT2D eigenvalue weighted by Crippen LogP contribution is -2.24.